The molecule has 0 radical (unpaired) electrons. The fraction of sp³-hybridized carbons (Fsp3) is 0.458. The fourth-order valence-electron chi connectivity index (χ4n) is 5.24. The number of hydrogen-bond donors (Lipinski definition) is 2. The topological polar surface area (TPSA) is 85.0 Å². The number of nitrogens with one attached hydrogen (secondary N) is 1. The first-order valence-corrected chi connectivity index (χ1v) is 11.3. The molecular weight excluding hydrogens is 390 g/mol. The van der Waals surface area contributed by atoms with E-state index in [1.54, 1.807) is 4.68 Å². The molecule has 1 fully saturated rings. The molecule has 0 atom stereocenters. The number of fused-ring (bicyclic) bond motifs is 8. The highest BCUT2D eigenvalue weighted by Gasteiger charge is 2.38. The zero-order chi connectivity index (χ0) is 21.4. The van der Waals surface area contributed by atoms with E-state index < -0.39 is 5.43 Å². The van der Waals surface area contributed by atoms with Crippen LogP contribution in [0.15, 0.2) is 42.1 Å². The van der Waals surface area contributed by atoms with Crippen molar-refractivity contribution in [3.8, 4) is 5.75 Å². The largest absolute Gasteiger partial charge is 0.503 e. The molecule has 1 aliphatic heterocycles. The molecule has 1 aliphatic carbocycles. The molecule has 3 aromatic rings. The summed E-state index contributed by atoms with van der Waals surface area (Å²) in [5, 5.41) is 19.4. The minimum absolute atomic E-state index is 0.189. The summed E-state index contributed by atoms with van der Waals surface area (Å²) in [4.78, 5) is 17.3. The number of pyridine rings is 1. The smallest absolute Gasteiger partial charge is 0.251 e. The Kier molecular flexibility index (Phi) is 5.04. The van der Waals surface area contributed by atoms with Crippen LogP contribution in [0.2, 0.25) is 0 Å². The van der Waals surface area contributed by atoms with Crippen LogP contribution in [0.1, 0.15) is 56.2 Å². The van der Waals surface area contributed by atoms with E-state index in [-0.39, 0.29) is 17.0 Å². The molecule has 5 rings (SSSR count). The molecule has 0 aromatic carbocycles. The number of nitrogens with zero attached hydrogens (tertiary/aromatic N) is 4. The van der Waals surface area contributed by atoms with Crippen molar-refractivity contribution >= 4 is 16.7 Å². The lowest BCUT2D eigenvalue weighted by molar-refractivity contribution is 0.240. The Hall–Kier alpha value is -3.09. The first kappa shape index (κ1) is 19.8. The van der Waals surface area contributed by atoms with Crippen LogP contribution < -0.4 is 10.7 Å². The van der Waals surface area contributed by atoms with Gasteiger partial charge in [0.2, 0.25) is 0 Å². The van der Waals surface area contributed by atoms with Crippen LogP contribution in [0.5, 0.6) is 5.75 Å². The molecule has 1 spiro atoms. The number of hydrogen-bond acceptors (Lipinski definition) is 5. The van der Waals surface area contributed by atoms with Crippen molar-refractivity contribution in [3.05, 3.63) is 58.8 Å². The molecule has 4 bridgehead atoms. The minimum atomic E-state index is -0.478. The van der Waals surface area contributed by atoms with Crippen molar-refractivity contribution < 1.29 is 5.11 Å². The van der Waals surface area contributed by atoms with E-state index in [1.807, 2.05) is 12.3 Å². The summed E-state index contributed by atoms with van der Waals surface area (Å²) < 4.78 is 4.08. The van der Waals surface area contributed by atoms with Gasteiger partial charge in [-0.05, 0) is 49.8 Å². The Balaban J connectivity index is 1.68. The average Bonchev–Trinajstić information content (AvgIpc) is 3.38. The van der Waals surface area contributed by atoms with Gasteiger partial charge in [-0.2, -0.15) is 5.10 Å². The van der Waals surface area contributed by atoms with E-state index in [0.29, 0.717) is 12.2 Å². The Morgan fingerprint density at radius 2 is 1.97 bits per heavy atom. The SMILES string of the molecule is C=C1NCCCCCc2cn(c3ncccc23)C2(CCCC2)Cn2cc(O)c(=O)c1n2. The fourth-order valence-corrected chi connectivity index (χ4v) is 5.24. The Bertz CT molecular complexity index is 1190. The first-order valence-electron chi connectivity index (χ1n) is 11.3. The molecule has 1 saturated carbocycles. The third kappa shape index (κ3) is 3.52. The van der Waals surface area contributed by atoms with Gasteiger partial charge in [0.1, 0.15) is 5.65 Å². The van der Waals surface area contributed by atoms with Crippen molar-refractivity contribution in [2.24, 2.45) is 0 Å². The molecule has 0 amide bonds. The normalized spacial score (nSPS) is 19.2. The van der Waals surface area contributed by atoms with Crippen LogP contribution in [-0.4, -0.2) is 31.0 Å². The van der Waals surface area contributed by atoms with Crippen molar-refractivity contribution in [1.82, 2.24) is 24.6 Å². The van der Waals surface area contributed by atoms with Crippen molar-refractivity contribution in [1.29, 1.82) is 0 Å². The van der Waals surface area contributed by atoms with Crippen molar-refractivity contribution in [2.45, 2.75) is 63.5 Å². The summed E-state index contributed by atoms with van der Waals surface area (Å²) in [6, 6.07) is 4.19. The van der Waals surface area contributed by atoms with Gasteiger partial charge in [0.25, 0.3) is 5.43 Å². The summed E-state index contributed by atoms with van der Waals surface area (Å²) >= 11 is 0. The number of aryl methyl sites for hydroxylation is 1. The van der Waals surface area contributed by atoms with Crippen LogP contribution >= 0.6 is 0 Å². The maximum atomic E-state index is 12.5. The van der Waals surface area contributed by atoms with E-state index in [4.69, 9.17) is 4.98 Å². The first-order chi connectivity index (χ1) is 15.1. The standard InChI is InChI=1S/C24H29N5O2/c1-17-21-22(31)20(30)15-28(27-21)16-24(10-4-5-11-24)29-14-18(8-3-2-6-12-25-17)19-9-7-13-26-23(19)29/h7,9,13-15,25,30H,1-6,8,10-12,16H2. The van der Waals surface area contributed by atoms with Gasteiger partial charge in [-0.15, -0.1) is 0 Å². The Morgan fingerprint density at radius 3 is 2.81 bits per heavy atom. The van der Waals surface area contributed by atoms with Crippen molar-refractivity contribution in [2.75, 3.05) is 6.54 Å². The summed E-state index contributed by atoms with van der Waals surface area (Å²) in [5.41, 5.74) is 2.36. The quantitative estimate of drug-likeness (QED) is 0.582. The van der Waals surface area contributed by atoms with E-state index in [0.717, 1.165) is 63.6 Å². The lowest BCUT2D eigenvalue weighted by Gasteiger charge is -2.32. The van der Waals surface area contributed by atoms with Crippen LogP contribution in [-0.2, 0) is 18.5 Å². The van der Waals surface area contributed by atoms with Gasteiger partial charge >= 0.3 is 0 Å². The Morgan fingerprint density at radius 1 is 1.13 bits per heavy atom. The van der Waals surface area contributed by atoms with Gasteiger partial charge in [-0.25, -0.2) is 4.98 Å². The van der Waals surface area contributed by atoms with Gasteiger partial charge in [-0.3, -0.25) is 9.48 Å². The highest BCUT2D eigenvalue weighted by atomic mass is 16.3. The van der Waals surface area contributed by atoms with Gasteiger partial charge in [0.15, 0.2) is 11.4 Å². The zero-order valence-electron chi connectivity index (χ0n) is 17.8. The van der Waals surface area contributed by atoms with E-state index in [1.165, 1.54) is 17.1 Å². The predicted molar refractivity (Wildman–Crippen MR) is 121 cm³/mol. The van der Waals surface area contributed by atoms with Gasteiger partial charge in [-0.1, -0.05) is 25.8 Å². The average molecular weight is 420 g/mol. The molecule has 2 aliphatic rings. The highest BCUT2D eigenvalue weighted by molar-refractivity contribution is 5.80. The third-order valence-corrected chi connectivity index (χ3v) is 6.84. The maximum Gasteiger partial charge on any atom is 0.251 e. The molecule has 3 aromatic heterocycles. The minimum Gasteiger partial charge on any atom is -0.503 e. The van der Waals surface area contributed by atoms with E-state index in [2.05, 4.69) is 33.8 Å². The summed E-state index contributed by atoms with van der Waals surface area (Å²) in [6.07, 6.45) is 14.1. The zero-order valence-corrected chi connectivity index (χ0v) is 17.8. The molecule has 0 unspecified atom stereocenters. The van der Waals surface area contributed by atoms with Gasteiger partial charge in [0.05, 0.1) is 24.0 Å². The predicted octanol–water partition coefficient (Wildman–Crippen LogP) is 3.55. The summed E-state index contributed by atoms with van der Waals surface area (Å²) in [6.45, 7) is 5.30. The van der Waals surface area contributed by atoms with Crippen LogP contribution in [0, 0.1) is 0 Å². The number of rotatable bonds is 0. The third-order valence-electron chi connectivity index (χ3n) is 6.84. The molecule has 7 nitrogen and oxygen atoms in total. The molecule has 31 heavy (non-hydrogen) atoms. The molecule has 2 N–H and O–H groups in total. The second-order valence-corrected chi connectivity index (χ2v) is 8.94. The van der Waals surface area contributed by atoms with E-state index >= 15 is 0 Å². The number of aromatic hydroxyl groups is 1. The van der Waals surface area contributed by atoms with Crippen LogP contribution in [0.25, 0.3) is 16.7 Å². The molecule has 4 heterocycles. The molecule has 162 valence electrons. The molecule has 0 saturated heterocycles. The Labute approximate surface area is 181 Å². The second-order valence-electron chi connectivity index (χ2n) is 8.94. The van der Waals surface area contributed by atoms with Crippen molar-refractivity contribution in [3.63, 3.8) is 0 Å². The van der Waals surface area contributed by atoms with Crippen LogP contribution in [0.3, 0.4) is 0 Å². The van der Waals surface area contributed by atoms with Gasteiger partial charge in [0, 0.05) is 24.3 Å². The lowest BCUT2D eigenvalue weighted by Crippen LogP contribution is -2.36. The molecular formula is C24H29N5O2. The lowest BCUT2D eigenvalue weighted by atomic mass is 9.97. The van der Waals surface area contributed by atoms with Gasteiger partial charge < -0.3 is 15.0 Å². The summed E-state index contributed by atoms with van der Waals surface area (Å²) in [7, 11) is 0. The van der Waals surface area contributed by atoms with Crippen LogP contribution in [0.4, 0.5) is 0 Å². The summed E-state index contributed by atoms with van der Waals surface area (Å²) in [5.74, 6) is -0.290. The number of aromatic nitrogens is 4. The monoisotopic (exact) mass is 419 g/mol. The highest BCUT2D eigenvalue weighted by Crippen LogP contribution is 2.41. The molecule has 7 heteroatoms. The maximum absolute atomic E-state index is 12.5. The second kappa shape index (κ2) is 7.87. The van der Waals surface area contributed by atoms with E-state index in [9.17, 15) is 9.90 Å².